The highest BCUT2D eigenvalue weighted by molar-refractivity contribution is 9.10. The molecule has 0 spiro atoms. The van der Waals surface area contributed by atoms with Gasteiger partial charge < -0.3 is 9.30 Å². The van der Waals surface area contributed by atoms with Gasteiger partial charge in [-0.2, -0.15) is 0 Å². The number of ether oxygens (including phenoxy) is 1. The van der Waals surface area contributed by atoms with Crippen LogP contribution in [0.25, 0.3) is 44.5 Å². The number of benzene rings is 7. The van der Waals surface area contributed by atoms with Gasteiger partial charge in [0.2, 0.25) is 0 Å². The van der Waals surface area contributed by atoms with Crippen LogP contribution in [-0.4, -0.2) is 16.4 Å². The fourth-order valence-electron chi connectivity index (χ4n) is 8.24. The fourth-order valence-corrected chi connectivity index (χ4v) is 9.57. The molecule has 8 aromatic rings. The highest BCUT2D eigenvalue weighted by atomic mass is 79.9. The molecule has 6 heteroatoms. The van der Waals surface area contributed by atoms with E-state index in [-0.39, 0.29) is 5.41 Å². The van der Waals surface area contributed by atoms with Gasteiger partial charge in [-0.15, -0.1) is 0 Å². The molecule has 3 nitrogen and oxygen atoms in total. The number of para-hydroxylation sites is 1. The van der Waals surface area contributed by atoms with Crippen molar-refractivity contribution in [3.05, 3.63) is 226 Å². The van der Waals surface area contributed by atoms with Gasteiger partial charge in [0.25, 0.3) is 0 Å². The maximum atomic E-state index is 7.92. The molecule has 0 aliphatic heterocycles. The molecule has 8 rings (SSSR count). The highest BCUT2D eigenvalue weighted by Crippen LogP contribution is 2.55. The second kappa shape index (κ2) is 19.6. The number of nitrogens with zero attached hydrogens (tertiary/aromatic N) is 2. The summed E-state index contributed by atoms with van der Waals surface area (Å²) in [4.78, 5) is 5.39. The van der Waals surface area contributed by atoms with Crippen molar-refractivity contribution in [1.29, 1.82) is 0 Å². The molecule has 0 bridgehead atoms. The van der Waals surface area contributed by atoms with E-state index < -0.39 is 6.10 Å². The van der Waals surface area contributed by atoms with Crippen LogP contribution in [0.3, 0.4) is 0 Å². The van der Waals surface area contributed by atoms with Crippen molar-refractivity contribution in [2.45, 2.75) is 52.2 Å². The molecular formula is C57H49BrCl2N2O. The molecule has 0 aliphatic carbocycles. The lowest BCUT2D eigenvalue weighted by Crippen LogP contribution is -2.32. The first-order valence-electron chi connectivity index (χ1n) is 21.3. The quantitative estimate of drug-likeness (QED) is 0.0998. The van der Waals surface area contributed by atoms with Gasteiger partial charge in [0.05, 0.1) is 22.3 Å². The molecule has 7 aromatic carbocycles. The largest absolute Gasteiger partial charge is 0.481 e. The van der Waals surface area contributed by atoms with Crippen molar-refractivity contribution in [3.63, 3.8) is 0 Å². The van der Waals surface area contributed by atoms with Gasteiger partial charge in [-0.05, 0) is 99.8 Å². The lowest BCUT2D eigenvalue weighted by atomic mass is 9.81. The van der Waals surface area contributed by atoms with Crippen LogP contribution in [0.1, 0.15) is 37.2 Å². The van der Waals surface area contributed by atoms with Crippen LogP contribution in [0.4, 0.5) is 5.69 Å². The van der Waals surface area contributed by atoms with Crippen LogP contribution in [0.2, 0.25) is 10.0 Å². The molecule has 1 aromatic heterocycles. The Morgan fingerprint density at radius 3 is 1.44 bits per heavy atom. The third-order valence-electron chi connectivity index (χ3n) is 11.6. The number of hydrogen-bond donors (Lipinski definition) is 0. The van der Waals surface area contributed by atoms with Crippen molar-refractivity contribution >= 4 is 50.5 Å². The Bertz CT molecular complexity index is 2730. The molecule has 0 radical (unpaired) electrons. The van der Waals surface area contributed by atoms with Crippen molar-refractivity contribution in [1.82, 2.24) is 4.57 Å². The van der Waals surface area contributed by atoms with Gasteiger partial charge >= 0.3 is 0 Å². The van der Waals surface area contributed by atoms with Crippen LogP contribution in [0, 0.1) is 13.8 Å². The number of aryl methyl sites for hydroxylation is 2. The van der Waals surface area contributed by atoms with E-state index in [0.29, 0.717) is 28.0 Å². The lowest BCUT2D eigenvalue weighted by Gasteiger charge is -2.30. The average Bonchev–Trinajstić information content (AvgIpc) is 3.63. The number of hydrogen-bond acceptors (Lipinski definition) is 2. The van der Waals surface area contributed by atoms with Gasteiger partial charge in [-0.3, -0.25) is 0 Å². The summed E-state index contributed by atoms with van der Waals surface area (Å²) in [6, 6.07) is 62.7. The SMILES string of the molecule is Cc1ccc(C)n1CC(Oc1c(-c2ccccc2)c(-c2ccccc2)c(Br)c(-c2ccccc2)c1-c1ccccc1)C(/C=C/CC(C)(C)c1ccccc1)=Nc1c(Cl)cccc1Cl. The molecular weight excluding hydrogens is 879 g/mol. The number of halogens is 3. The van der Waals surface area contributed by atoms with Gasteiger partial charge in [0.1, 0.15) is 11.4 Å². The Kier molecular flexibility index (Phi) is 13.6. The van der Waals surface area contributed by atoms with E-state index in [2.05, 4.69) is 224 Å². The summed E-state index contributed by atoms with van der Waals surface area (Å²) >= 11 is 18.2. The van der Waals surface area contributed by atoms with E-state index in [1.54, 1.807) is 0 Å². The smallest absolute Gasteiger partial charge is 0.158 e. The number of aliphatic imine (C=N–C) groups is 1. The Morgan fingerprint density at radius 1 is 0.587 bits per heavy atom. The predicted octanol–water partition coefficient (Wildman–Crippen LogP) is 17.0. The second-order valence-electron chi connectivity index (χ2n) is 16.4. The zero-order valence-corrected chi connectivity index (χ0v) is 39.0. The zero-order valence-electron chi connectivity index (χ0n) is 35.9. The van der Waals surface area contributed by atoms with E-state index in [0.717, 1.165) is 72.5 Å². The summed E-state index contributed by atoms with van der Waals surface area (Å²) < 4.78 is 11.2. The lowest BCUT2D eigenvalue weighted by molar-refractivity contribution is 0.245. The van der Waals surface area contributed by atoms with Crippen molar-refractivity contribution in [2.75, 3.05) is 0 Å². The Labute approximate surface area is 390 Å². The molecule has 0 aliphatic rings. The molecule has 0 saturated carbocycles. The van der Waals surface area contributed by atoms with Gasteiger partial charge in [-0.25, -0.2) is 4.99 Å². The van der Waals surface area contributed by atoms with E-state index in [1.165, 1.54) is 5.56 Å². The van der Waals surface area contributed by atoms with Crippen molar-refractivity contribution in [3.8, 4) is 50.3 Å². The third kappa shape index (κ3) is 9.70. The normalized spacial score (nSPS) is 12.5. The Hall–Kier alpha value is -5.91. The van der Waals surface area contributed by atoms with Crippen LogP contribution in [0.15, 0.2) is 204 Å². The number of aromatic nitrogens is 1. The first-order chi connectivity index (χ1) is 30.6. The molecule has 314 valence electrons. The summed E-state index contributed by atoms with van der Waals surface area (Å²) in [6.07, 6.45) is 4.43. The Balaban J connectivity index is 1.46. The van der Waals surface area contributed by atoms with E-state index in [9.17, 15) is 0 Å². The van der Waals surface area contributed by atoms with Gasteiger partial charge in [-0.1, -0.05) is 201 Å². The fraction of sp³-hybridized carbons (Fsp3) is 0.140. The summed E-state index contributed by atoms with van der Waals surface area (Å²) in [5.74, 6) is 0.733. The minimum atomic E-state index is -0.642. The third-order valence-corrected chi connectivity index (χ3v) is 13.1. The maximum absolute atomic E-state index is 7.92. The molecule has 63 heavy (non-hydrogen) atoms. The zero-order chi connectivity index (χ0) is 43.9. The molecule has 1 atom stereocenters. The van der Waals surface area contributed by atoms with Crippen molar-refractivity contribution in [2.24, 2.45) is 4.99 Å². The summed E-state index contributed by atoms with van der Waals surface area (Å²) in [6.45, 7) is 9.26. The van der Waals surface area contributed by atoms with Gasteiger partial charge in [0, 0.05) is 38.1 Å². The summed E-state index contributed by atoms with van der Waals surface area (Å²) in [5.41, 5.74) is 12.6. The van der Waals surface area contributed by atoms with Crippen LogP contribution < -0.4 is 4.74 Å². The van der Waals surface area contributed by atoms with Crippen molar-refractivity contribution < 1.29 is 4.74 Å². The average molecular weight is 929 g/mol. The van der Waals surface area contributed by atoms with Crippen LogP contribution in [-0.2, 0) is 12.0 Å². The molecule has 0 amide bonds. The predicted molar refractivity (Wildman–Crippen MR) is 271 cm³/mol. The minimum Gasteiger partial charge on any atom is -0.481 e. The van der Waals surface area contributed by atoms with Gasteiger partial charge in [0.15, 0.2) is 6.10 Å². The summed E-state index contributed by atoms with van der Waals surface area (Å²) in [5, 5.41) is 0.919. The minimum absolute atomic E-state index is 0.156. The molecule has 1 unspecified atom stereocenters. The van der Waals surface area contributed by atoms with E-state index in [1.807, 2.05) is 18.2 Å². The first-order valence-corrected chi connectivity index (χ1v) is 22.8. The number of allylic oxidation sites excluding steroid dienone is 1. The maximum Gasteiger partial charge on any atom is 0.158 e. The summed E-state index contributed by atoms with van der Waals surface area (Å²) in [7, 11) is 0. The van der Waals surface area contributed by atoms with E-state index in [4.69, 9.17) is 32.9 Å². The second-order valence-corrected chi connectivity index (χ2v) is 18.0. The Morgan fingerprint density at radius 2 is 1.00 bits per heavy atom. The molecule has 0 N–H and O–H groups in total. The number of rotatable bonds is 14. The molecule has 0 fully saturated rings. The van der Waals surface area contributed by atoms with E-state index >= 15 is 0 Å². The monoisotopic (exact) mass is 926 g/mol. The van der Waals surface area contributed by atoms with Crippen LogP contribution in [0.5, 0.6) is 5.75 Å². The van der Waals surface area contributed by atoms with Crippen LogP contribution >= 0.6 is 39.1 Å². The standard InChI is InChI=1S/C57H49BrCl2N2O/c1-39-35-36-40(2)62(39)38-49(48(61-55-46(59)32-20-33-47(55)60)34-21-37-57(3,4)45-30-18-9-19-31-45)63-56-52(43-26-14-7-15-27-43)50(41-22-10-5-11-23-41)54(58)51(42-24-12-6-13-25-42)53(56)44-28-16-8-17-29-44/h5-36,49H,37-38H2,1-4H3/b34-21+,61-48?. The highest BCUT2D eigenvalue weighted by Gasteiger charge is 2.31. The molecule has 1 heterocycles. The molecule has 0 saturated heterocycles. The topological polar surface area (TPSA) is 26.5 Å². The first kappa shape index (κ1) is 43.7.